The summed E-state index contributed by atoms with van der Waals surface area (Å²) in [5.74, 6) is -0.367. The van der Waals surface area contributed by atoms with Crippen molar-refractivity contribution in [1.29, 1.82) is 0 Å². The Morgan fingerprint density at radius 2 is 1.93 bits per heavy atom. The van der Waals surface area contributed by atoms with Gasteiger partial charge in [0, 0.05) is 31.1 Å². The Morgan fingerprint density at radius 3 is 2.59 bits per heavy atom. The maximum Gasteiger partial charge on any atom is 0.419 e. The molecule has 2 fully saturated rings. The van der Waals surface area contributed by atoms with Crippen LogP contribution >= 0.6 is 0 Å². The van der Waals surface area contributed by atoms with E-state index >= 15 is 0 Å². The van der Waals surface area contributed by atoms with Gasteiger partial charge < -0.3 is 9.32 Å². The van der Waals surface area contributed by atoms with Crippen molar-refractivity contribution in [3.63, 3.8) is 0 Å². The first-order chi connectivity index (χ1) is 13.0. The van der Waals surface area contributed by atoms with Crippen LogP contribution in [0, 0.1) is 10.1 Å². The maximum absolute atomic E-state index is 12.7. The number of nitrogens with zero attached hydrogens (tertiary/aromatic N) is 3. The minimum absolute atomic E-state index is 0.116. The summed E-state index contributed by atoms with van der Waals surface area (Å²) in [5, 5.41) is 10.9. The van der Waals surface area contributed by atoms with Crippen LogP contribution in [0.2, 0.25) is 0 Å². The molecule has 1 heterocycles. The number of amides is 1. The summed E-state index contributed by atoms with van der Waals surface area (Å²) in [7, 11) is 0. The molecule has 0 aliphatic heterocycles. The van der Waals surface area contributed by atoms with Crippen LogP contribution in [0.25, 0.3) is 11.1 Å². The summed E-state index contributed by atoms with van der Waals surface area (Å²) >= 11 is 0. The highest BCUT2D eigenvalue weighted by Crippen LogP contribution is 2.35. The molecule has 1 amide bonds. The molecule has 0 spiro atoms. The summed E-state index contributed by atoms with van der Waals surface area (Å²) in [6.45, 7) is 0.360. The molecule has 1 aromatic carbocycles. The van der Waals surface area contributed by atoms with Crippen LogP contribution in [0.15, 0.2) is 27.4 Å². The lowest BCUT2D eigenvalue weighted by Crippen LogP contribution is -2.40. The molecular weight excluding hydrogens is 350 g/mol. The summed E-state index contributed by atoms with van der Waals surface area (Å²) in [5.41, 5.74) is 0.606. The summed E-state index contributed by atoms with van der Waals surface area (Å²) < 4.78 is 6.58. The van der Waals surface area contributed by atoms with E-state index in [1.165, 1.54) is 35.6 Å². The van der Waals surface area contributed by atoms with Crippen molar-refractivity contribution in [2.45, 2.75) is 70.0 Å². The largest absolute Gasteiger partial charge is 0.419 e. The fraction of sp³-hybridized carbons (Fsp3) is 0.579. The first-order valence-electron chi connectivity index (χ1n) is 9.63. The fourth-order valence-electron chi connectivity index (χ4n) is 4.14. The van der Waals surface area contributed by atoms with Crippen molar-refractivity contribution < 1.29 is 14.1 Å². The number of rotatable bonds is 7. The van der Waals surface area contributed by atoms with Gasteiger partial charge in [0.2, 0.25) is 5.91 Å². The Bertz CT molecular complexity index is 921. The first kappa shape index (κ1) is 17.8. The predicted octanol–water partition coefficient (Wildman–Crippen LogP) is 3.22. The fourth-order valence-corrected chi connectivity index (χ4v) is 4.14. The number of non-ortho nitro benzene ring substituents is 1. The van der Waals surface area contributed by atoms with Gasteiger partial charge in [0.15, 0.2) is 5.58 Å². The van der Waals surface area contributed by atoms with Crippen LogP contribution in [0.1, 0.15) is 51.4 Å². The molecule has 0 N–H and O–H groups in total. The number of nitro benzene ring substituents is 1. The van der Waals surface area contributed by atoms with Gasteiger partial charge in [-0.2, -0.15) is 0 Å². The zero-order chi connectivity index (χ0) is 19.0. The second-order valence-electron chi connectivity index (χ2n) is 7.50. The van der Waals surface area contributed by atoms with Gasteiger partial charge >= 0.3 is 5.76 Å². The zero-order valence-electron chi connectivity index (χ0n) is 15.1. The lowest BCUT2D eigenvalue weighted by Gasteiger charge is -2.29. The van der Waals surface area contributed by atoms with E-state index in [4.69, 9.17) is 4.42 Å². The minimum Gasteiger partial charge on any atom is -0.407 e. The van der Waals surface area contributed by atoms with Crippen LogP contribution in [0.3, 0.4) is 0 Å². The number of hydrogen-bond acceptors (Lipinski definition) is 5. The molecule has 4 rings (SSSR count). The molecule has 0 atom stereocenters. The lowest BCUT2D eigenvalue weighted by atomic mass is 10.1. The third-order valence-electron chi connectivity index (χ3n) is 5.58. The van der Waals surface area contributed by atoms with E-state index in [0.717, 1.165) is 25.7 Å². The number of aromatic nitrogens is 1. The van der Waals surface area contributed by atoms with Gasteiger partial charge in [-0.25, -0.2) is 4.79 Å². The quantitative estimate of drug-likeness (QED) is 0.548. The van der Waals surface area contributed by atoms with E-state index in [9.17, 15) is 19.7 Å². The monoisotopic (exact) mass is 373 g/mol. The molecule has 0 bridgehead atoms. The molecule has 0 unspecified atom stereocenters. The molecule has 2 aromatic rings. The van der Waals surface area contributed by atoms with E-state index in [1.807, 2.05) is 0 Å². The summed E-state index contributed by atoms with van der Waals surface area (Å²) in [6, 6.07) is 4.94. The molecule has 0 radical (unpaired) electrons. The number of carbonyl (C=O) groups is 1. The van der Waals surface area contributed by atoms with Crippen molar-refractivity contribution in [1.82, 2.24) is 9.47 Å². The van der Waals surface area contributed by atoms with Crippen molar-refractivity contribution in [2.75, 3.05) is 0 Å². The van der Waals surface area contributed by atoms with Gasteiger partial charge in [0.1, 0.15) is 0 Å². The zero-order valence-corrected chi connectivity index (χ0v) is 15.1. The average molecular weight is 373 g/mol. The highest BCUT2D eigenvalue weighted by atomic mass is 16.6. The van der Waals surface area contributed by atoms with Gasteiger partial charge in [-0.05, 0) is 38.2 Å². The predicted molar refractivity (Wildman–Crippen MR) is 98.5 cm³/mol. The maximum atomic E-state index is 12.7. The molecular formula is C19H23N3O5. The molecule has 8 nitrogen and oxygen atoms in total. The van der Waals surface area contributed by atoms with Crippen LogP contribution < -0.4 is 5.76 Å². The normalized spacial score (nSPS) is 17.5. The average Bonchev–Trinajstić information content (AvgIpc) is 3.21. The Morgan fingerprint density at radius 1 is 1.22 bits per heavy atom. The Kier molecular flexibility index (Phi) is 4.72. The molecule has 144 valence electrons. The summed E-state index contributed by atoms with van der Waals surface area (Å²) in [6.07, 6.45) is 7.76. The van der Waals surface area contributed by atoms with Crippen molar-refractivity contribution >= 4 is 22.7 Å². The lowest BCUT2D eigenvalue weighted by molar-refractivity contribution is -0.384. The van der Waals surface area contributed by atoms with E-state index in [1.54, 1.807) is 0 Å². The molecule has 1 aromatic heterocycles. The van der Waals surface area contributed by atoms with Crippen LogP contribution in [0.4, 0.5) is 5.69 Å². The first-order valence-corrected chi connectivity index (χ1v) is 9.63. The highest BCUT2D eigenvalue weighted by Gasteiger charge is 2.37. The van der Waals surface area contributed by atoms with Crippen molar-refractivity contribution in [3.8, 4) is 0 Å². The second kappa shape index (κ2) is 7.17. The summed E-state index contributed by atoms with van der Waals surface area (Å²) in [4.78, 5) is 37.3. The topological polar surface area (TPSA) is 98.6 Å². The van der Waals surface area contributed by atoms with Crippen LogP contribution in [-0.4, -0.2) is 32.4 Å². The molecule has 0 saturated heterocycles. The highest BCUT2D eigenvalue weighted by molar-refractivity contribution is 5.77. The third kappa shape index (κ3) is 3.61. The number of carbonyl (C=O) groups excluding carboxylic acids is 1. The van der Waals surface area contributed by atoms with Crippen molar-refractivity contribution in [2.24, 2.45) is 0 Å². The number of benzene rings is 1. The Balaban J connectivity index is 1.42. The molecule has 2 aliphatic rings. The Hall–Kier alpha value is -2.64. The number of nitro groups is 1. The van der Waals surface area contributed by atoms with Gasteiger partial charge in [-0.15, -0.1) is 0 Å². The third-order valence-corrected chi connectivity index (χ3v) is 5.58. The van der Waals surface area contributed by atoms with Crippen LogP contribution in [-0.2, 0) is 11.3 Å². The van der Waals surface area contributed by atoms with Gasteiger partial charge in [0.25, 0.3) is 5.69 Å². The standard InChI is InChI=1S/C19H23N3O5/c23-18(21(14-7-8-14)13-4-1-2-5-13)6-3-11-20-16-10-9-15(22(25)26)12-17(16)27-19(20)24/h9-10,12-14H,1-8,11H2. The number of fused-ring (bicyclic) bond motifs is 1. The van der Waals surface area contributed by atoms with E-state index < -0.39 is 10.7 Å². The SMILES string of the molecule is O=C(CCCn1c(=O)oc2cc([N+](=O)[O-])ccc21)N(C1CCCC1)C1CC1. The Labute approximate surface area is 155 Å². The molecule has 2 aliphatic carbocycles. The number of aryl methyl sites for hydroxylation is 1. The van der Waals surface area contributed by atoms with Crippen molar-refractivity contribution in [3.05, 3.63) is 38.9 Å². The number of oxazole rings is 1. The second-order valence-corrected chi connectivity index (χ2v) is 7.50. The van der Waals surface area contributed by atoms with Gasteiger partial charge in [-0.3, -0.25) is 19.5 Å². The van der Waals surface area contributed by atoms with E-state index in [-0.39, 0.29) is 17.2 Å². The molecule has 2 saturated carbocycles. The van der Waals surface area contributed by atoms with Crippen LogP contribution in [0.5, 0.6) is 0 Å². The van der Waals surface area contributed by atoms with Gasteiger partial charge in [0.05, 0.1) is 16.5 Å². The number of hydrogen-bond donors (Lipinski definition) is 0. The minimum atomic E-state index is -0.548. The smallest absolute Gasteiger partial charge is 0.407 e. The van der Waals surface area contributed by atoms with Gasteiger partial charge in [-0.1, -0.05) is 12.8 Å². The van der Waals surface area contributed by atoms with E-state index in [2.05, 4.69) is 4.90 Å². The van der Waals surface area contributed by atoms with E-state index in [0.29, 0.717) is 37.0 Å². The molecule has 8 heteroatoms. The molecule has 27 heavy (non-hydrogen) atoms.